The molecule has 5 nitrogen and oxygen atoms in total. The molecule has 0 spiro atoms. The molecule has 1 aromatic rings. The molecule has 1 heterocycles. The average molecular weight is 330 g/mol. The van der Waals surface area contributed by atoms with Gasteiger partial charge in [-0.05, 0) is 37.7 Å². The molecule has 0 N–H and O–H groups in total. The first-order valence-electron chi connectivity index (χ1n) is 8.89. The summed E-state index contributed by atoms with van der Waals surface area (Å²) in [6, 6.07) is 1.77. The minimum atomic E-state index is -0.367. The van der Waals surface area contributed by atoms with Crippen LogP contribution in [0.2, 0.25) is 0 Å². The SMILES string of the molecule is CC(=O)[C@@H]1C[C@H](C(=O)O[C@H](c2ncccn2)C2CCCC2)C1(C)C. The van der Waals surface area contributed by atoms with Crippen molar-refractivity contribution >= 4 is 11.8 Å². The zero-order chi connectivity index (χ0) is 17.3. The van der Waals surface area contributed by atoms with Gasteiger partial charge >= 0.3 is 5.97 Å². The third kappa shape index (κ3) is 3.08. The van der Waals surface area contributed by atoms with Crippen molar-refractivity contribution < 1.29 is 14.3 Å². The van der Waals surface area contributed by atoms with E-state index in [1.54, 1.807) is 25.4 Å². The number of rotatable bonds is 5. The molecular formula is C19H26N2O3. The maximum Gasteiger partial charge on any atom is 0.310 e. The second kappa shape index (κ2) is 6.61. The molecule has 0 amide bonds. The molecule has 130 valence electrons. The lowest BCUT2D eigenvalue weighted by Crippen LogP contribution is -2.52. The summed E-state index contributed by atoms with van der Waals surface area (Å²) in [4.78, 5) is 33.1. The second-order valence-corrected chi connectivity index (χ2v) is 7.78. The van der Waals surface area contributed by atoms with Gasteiger partial charge in [-0.25, -0.2) is 9.97 Å². The summed E-state index contributed by atoms with van der Waals surface area (Å²) in [6.07, 6.45) is 8.01. The molecule has 2 aliphatic carbocycles. The lowest BCUT2D eigenvalue weighted by molar-refractivity contribution is -0.176. The zero-order valence-electron chi connectivity index (χ0n) is 14.7. The molecule has 0 bridgehead atoms. The van der Waals surface area contributed by atoms with Gasteiger partial charge < -0.3 is 4.74 Å². The molecule has 0 saturated heterocycles. The largest absolute Gasteiger partial charge is 0.454 e. The van der Waals surface area contributed by atoms with Crippen LogP contribution in [0.4, 0.5) is 0 Å². The number of aromatic nitrogens is 2. The van der Waals surface area contributed by atoms with Crippen LogP contribution in [0.3, 0.4) is 0 Å². The maximum atomic E-state index is 12.8. The first kappa shape index (κ1) is 17.1. The van der Waals surface area contributed by atoms with Crippen molar-refractivity contribution in [3.63, 3.8) is 0 Å². The van der Waals surface area contributed by atoms with Gasteiger partial charge in [-0.3, -0.25) is 9.59 Å². The van der Waals surface area contributed by atoms with Crippen molar-refractivity contribution in [3.8, 4) is 0 Å². The molecule has 2 saturated carbocycles. The molecule has 0 unspecified atom stereocenters. The zero-order valence-corrected chi connectivity index (χ0v) is 14.7. The third-order valence-electron chi connectivity index (χ3n) is 5.95. The van der Waals surface area contributed by atoms with E-state index >= 15 is 0 Å². The topological polar surface area (TPSA) is 69.2 Å². The van der Waals surface area contributed by atoms with Gasteiger partial charge in [0.15, 0.2) is 11.9 Å². The fourth-order valence-electron chi connectivity index (χ4n) is 4.30. The minimum Gasteiger partial charge on any atom is -0.454 e. The Kier molecular flexibility index (Phi) is 4.70. The summed E-state index contributed by atoms with van der Waals surface area (Å²) in [5, 5.41) is 0. The fraction of sp³-hybridized carbons (Fsp3) is 0.684. The minimum absolute atomic E-state index is 0.0482. The number of nitrogens with zero attached hydrogens (tertiary/aromatic N) is 2. The molecule has 2 aliphatic rings. The Morgan fingerprint density at radius 2 is 1.79 bits per heavy atom. The van der Waals surface area contributed by atoms with Crippen LogP contribution >= 0.6 is 0 Å². The standard InChI is InChI=1S/C19H26N2O3/c1-12(22)14-11-15(19(14,2)3)18(23)24-16(13-7-4-5-8-13)17-20-9-6-10-21-17/h6,9-10,13-16H,4-5,7-8,11H2,1-3H3/t14-,15+,16-/m0/s1. The van der Waals surface area contributed by atoms with Crippen LogP contribution in [0.5, 0.6) is 0 Å². The highest BCUT2D eigenvalue weighted by atomic mass is 16.5. The van der Waals surface area contributed by atoms with Crippen LogP contribution in [0, 0.1) is 23.2 Å². The van der Waals surface area contributed by atoms with Crippen molar-refractivity contribution in [2.75, 3.05) is 0 Å². The summed E-state index contributed by atoms with van der Waals surface area (Å²) in [6.45, 7) is 5.57. The quantitative estimate of drug-likeness (QED) is 0.773. The van der Waals surface area contributed by atoms with Crippen LogP contribution in [-0.4, -0.2) is 21.7 Å². The summed E-state index contributed by atoms with van der Waals surface area (Å²) >= 11 is 0. The molecule has 3 rings (SSSR count). The summed E-state index contributed by atoms with van der Waals surface area (Å²) in [5.41, 5.74) is -0.333. The van der Waals surface area contributed by atoms with E-state index in [1.165, 1.54) is 0 Å². The van der Waals surface area contributed by atoms with Gasteiger partial charge in [0, 0.05) is 24.2 Å². The van der Waals surface area contributed by atoms with Gasteiger partial charge in [-0.15, -0.1) is 0 Å². The monoisotopic (exact) mass is 330 g/mol. The van der Waals surface area contributed by atoms with Crippen LogP contribution in [0.1, 0.15) is 64.8 Å². The van der Waals surface area contributed by atoms with Gasteiger partial charge in [0.25, 0.3) is 0 Å². The highest BCUT2D eigenvalue weighted by Crippen LogP contribution is 2.53. The van der Waals surface area contributed by atoms with E-state index in [2.05, 4.69) is 9.97 Å². The summed E-state index contributed by atoms with van der Waals surface area (Å²) in [7, 11) is 0. The number of ether oxygens (including phenoxy) is 1. The van der Waals surface area contributed by atoms with Crippen LogP contribution in [-0.2, 0) is 14.3 Å². The van der Waals surface area contributed by atoms with Gasteiger partial charge in [0.05, 0.1) is 5.92 Å². The van der Waals surface area contributed by atoms with Gasteiger partial charge in [-0.2, -0.15) is 0 Å². The lowest BCUT2D eigenvalue weighted by Gasteiger charge is -2.49. The Balaban J connectivity index is 1.74. The Morgan fingerprint density at radius 1 is 1.17 bits per heavy atom. The van der Waals surface area contributed by atoms with Crippen molar-refractivity contribution in [3.05, 3.63) is 24.3 Å². The van der Waals surface area contributed by atoms with E-state index in [0.29, 0.717) is 18.2 Å². The van der Waals surface area contributed by atoms with E-state index in [-0.39, 0.29) is 35.1 Å². The van der Waals surface area contributed by atoms with E-state index < -0.39 is 0 Å². The number of carbonyl (C=O) groups is 2. The van der Waals surface area contributed by atoms with E-state index in [1.807, 2.05) is 13.8 Å². The van der Waals surface area contributed by atoms with Gasteiger partial charge in [0.2, 0.25) is 0 Å². The highest BCUT2D eigenvalue weighted by Gasteiger charge is 2.55. The van der Waals surface area contributed by atoms with E-state index in [0.717, 1.165) is 25.7 Å². The molecule has 0 radical (unpaired) electrons. The van der Waals surface area contributed by atoms with Crippen LogP contribution in [0.15, 0.2) is 18.5 Å². The van der Waals surface area contributed by atoms with E-state index in [9.17, 15) is 9.59 Å². The first-order valence-corrected chi connectivity index (χ1v) is 8.89. The van der Waals surface area contributed by atoms with Crippen molar-refractivity contribution in [2.24, 2.45) is 23.2 Å². The molecule has 5 heteroatoms. The fourth-order valence-corrected chi connectivity index (χ4v) is 4.30. The number of esters is 1. The molecule has 24 heavy (non-hydrogen) atoms. The van der Waals surface area contributed by atoms with E-state index in [4.69, 9.17) is 4.74 Å². The summed E-state index contributed by atoms with van der Waals surface area (Å²) in [5.74, 6) is 0.567. The first-order chi connectivity index (χ1) is 11.4. The Hall–Kier alpha value is -1.78. The number of carbonyl (C=O) groups excluding carboxylic acids is 2. The Bertz CT molecular complexity index is 608. The smallest absolute Gasteiger partial charge is 0.310 e. The lowest BCUT2D eigenvalue weighted by atomic mass is 9.53. The van der Waals surface area contributed by atoms with Crippen LogP contribution < -0.4 is 0 Å². The van der Waals surface area contributed by atoms with Crippen molar-refractivity contribution in [2.45, 2.75) is 59.0 Å². The predicted octanol–water partition coefficient (Wildman–Crippen LogP) is 3.50. The molecule has 1 aromatic heterocycles. The number of hydrogen-bond donors (Lipinski definition) is 0. The van der Waals surface area contributed by atoms with Crippen molar-refractivity contribution in [1.82, 2.24) is 9.97 Å². The van der Waals surface area contributed by atoms with Crippen molar-refractivity contribution in [1.29, 1.82) is 0 Å². The number of hydrogen-bond acceptors (Lipinski definition) is 5. The average Bonchev–Trinajstić information content (AvgIpc) is 3.06. The Morgan fingerprint density at radius 3 is 2.33 bits per heavy atom. The Labute approximate surface area is 143 Å². The highest BCUT2D eigenvalue weighted by molar-refractivity contribution is 5.85. The third-order valence-corrected chi connectivity index (χ3v) is 5.95. The van der Waals surface area contributed by atoms with Gasteiger partial charge in [0.1, 0.15) is 5.78 Å². The normalized spacial score (nSPS) is 27.3. The molecular weight excluding hydrogens is 304 g/mol. The maximum absolute atomic E-state index is 12.8. The molecule has 0 aromatic carbocycles. The number of Topliss-reactive ketones (excluding diaryl/α,β-unsaturated/α-hetero) is 1. The van der Waals surface area contributed by atoms with Crippen LogP contribution in [0.25, 0.3) is 0 Å². The second-order valence-electron chi connectivity index (χ2n) is 7.78. The van der Waals surface area contributed by atoms with Gasteiger partial charge in [-0.1, -0.05) is 26.7 Å². The summed E-state index contributed by atoms with van der Waals surface area (Å²) < 4.78 is 5.91. The predicted molar refractivity (Wildman–Crippen MR) is 88.9 cm³/mol. The molecule has 3 atom stereocenters. The number of ketones is 1. The molecule has 0 aliphatic heterocycles. The molecule has 2 fully saturated rings.